The highest BCUT2D eigenvalue weighted by Crippen LogP contribution is 2.34. The third kappa shape index (κ3) is 3.78. The predicted molar refractivity (Wildman–Crippen MR) is 86.5 cm³/mol. The lowest BCUT2D eigenvalue weighted by molar-refractivity contribution is -0.149. The quantitative estimate of drug-likeness (QED) is 0.845. The molecule has 0 aromatic heterocycles. The Morgan fingerprint density at radius 2 is 2.00 bits per heavy atom. The zero-order valence-corrected chi connectivity index (χ0v) is 13.8. The second-order valence-corrected chi connectivity index (χ2v) is 6.30. The van der Waals surface area contributed by atoms with Gasteiger partial charge in [0, 0.05) is 12.1 Å². The number of rotatable bonds is 5. The molecule has 0 bridgehead atoms. The van der Waals surface area contributed by atoms with Crippen LogP contribution in [-0.2, 0) is 9.53 Å². The van der Waals surface area contributed by atoms with Gasteiger partial charge >= 0.3 is 5.97 Å². The summed E-state index contributed by atoms with van der Waals surface area (Å²) >= 11 is 0. The molecular formula is C18H25NO4. The maximum absolute atomic E-state index is 11.8. The van der Waals surface area contributed by atoms with Gasteiger partial charge < -0.3 is 19.5 Å². The first-order chi connectivity index (χ1) is 11.2. The van der Waals surface area contributed by atoms with Crippen molar-refractivity contribution in [3.05, 3.63) is 23.8 Å². The molecule has 0 spiro atoms. The number of benzene rings is 1. The fourth-order valence-corrected chi connectivity index (χ4v) is 3.39. The fraction of sp³-hybridized carbons (Fsp3) is 0.611. The highest BCUT2D eigenvalue weighted by atomic mass is 16.7. The first kappa shape index (κ1) is 16.1. The summed E-state index contributed by atoms with van der Waals surface area (Å²) in [5.41, 5.74) is 1.20. The standard InChI is InChI=1S/C18H25NO4/c1-3-21-18(20)13-4-7-15(8-5-13)19-12(2)14-6-9-16-17(10-14)23-11-22-16/h6,9-10,12-13,15,19H,3-5,7-8,11H2,1-2H3. The van der Waals surface area contributed by atoms with E-state index in [0.29, 0.717) is 19.4 Å². The summed E-state index contributed by atoms with van der Waals surface area (Å²) in [6.07, 6.45) is 3.84. The predicted octanol–water partition coefficient (Wildman–Crippen LogP) is 3.19. The summed E-state index contributed by atoms with van der Waals surface area (Å²) in [6, 6.07) is 6.78. The lowest BCUT2D eigenvalue weighted by Gasteiger charge is -2.30. The third-order valence-corrected chi connectivity index (χ3v) is 4.73. The Morgan fingerprint density at radius 1 is 1.26 bits per heavy atom. The first-order valence-corrected chi connectivity index (χ1v) is 8.49. The van der Waals surface area contributed by atoms with E-state index < -0.39 is 0 Å². The van der Waals surface area contributed by atoms with E-state index in [2.05, 4.69) is 18.3 Å². The monoisotopic (exact) mass is 319 g/mol. The van der Waals surface area contributed by atoms with Gasteiger partial charge in [0.2, 0.25) is 6.79 Å². The lowest BCUT2D eigenvalue weighted by atomic mass is 9.85. The number of carbonyl (C=O) groups excluding carboxylic acids is 1. The second-order valence-electron chi connectivity index (χ2n) is 6.30. The fourth-order valence-electron chi connectivity index (χ4n) is 3.39. The van der Waals surface area contributed by atoms with Crippen molar-refractivity contribution < 1.29 is 19.0 Å². The van der Waals surface area contributed by atoms with Crippen LogP contribution < -0.4 is 14.8 Å². The van der Waals surface area contributed by atoms with Crippen LogP contribution in [0.4, 0.5) is 0 Å². The number of fused-ring (bicyclic) bond motifs is 1. The van der Waals surface area contributed by atoms with Gasteiger partial charge in [0.1, 0.15) is 0 Å². The van der Waals surface area contributed by atoms with E-state index >= 15 is 0 Å². The van der Waals surface area contributed by atoms with Crippen molar-refractivity contribution in [2.24, 2.45) is 5.92 Å². The van der Waals surface area contributed by atoms with E-state index in [-0.39, 0.29) is 17.9 Å². The highest BCUT2D eigenvalue weighted by molar-refractivity contribution is 5.72. The van der Waals surface area contributed by atoms with E-state index in [1.54, 1.807) is 0 Å². The molecule has 1 N–H and O–H groups in total. The van der Waals surface area contributed by atoms with E-state index in [1.165, 1.54) is 5.56 Å². The SMILES string of the molecule is CCOC(=O)C1CCC(NC(C)c2ccc3c(c2)OCO3)CC1. The molecule has 1 aromatic carbocycles. The smallest absolute Gasteiger partial charge is 0.308 e. The van der Waals surface area contributed by atoms with Crippen LogP contribution >= 0.6 is 0 Å². The number of hydrogen-bond donors (Lipinski definition) is 1. The van der Waals surface area contributed by atoms with Crippen LogP contribution in [0.2, 0.25) is 0 Å². The van der Waals surface area contributed by atoms with Crippen LogP contribution in [-0.4, -0.2) is 25.4 Å². The Kier molecular flexibility index (Phi) is 5.06. The number of esters is 1. The van der Waals surface area contributed by atoms with Crippen LogP contribution in [0.1, 0.15) is 51.1 Å². The number of hydrogen-bond acceptors (Lipinski definition) is 5. The van der Waals surface area contributed by atoms with Crippen LogP contribution in [0, 0.1) is 5.92 Å². The van der Waals surface area contributed by atoms with Crippen molar-refractivity contribution in [2.75, 3.05) is 13.4 Å². The Labute approximate surface area is 137 Å². The molecule has 1 saturated carbocycles. The van der Waals surface area contributed by atoms with E-state index in [4.69, 9.17) is 14.2 Å². The van der Waals surface area contributed by atoms with E-state index in [0.717, 1.165) is 37.2 Å². The second kappa shape index (κ2) is 7.21. The third-order valence-electron chi connectivity index (χ3n) is 4.73. The Bertz CT molecular complexity index is 552. The van der Waals surface area contributed by atoms with Crippen molar-refractivity contribution in [3.63, 3.8) is 0 Å². The summed E-state index contributed by atoms with van der Waals surface area (Å²) in [7, 11) is 0. The minimum Gasteiger partial charge on any atom is -0.466 e. The van der Waals surface area contributed by atoms with Crippen molar-refractivity contribution in [1.82, 2.24) is 5.32 Å². The van der Waals surface area contributed by atoms with Gasteiger partial charge in [-0.05, 0) is 57.2 Å². The molecule has 126 valence electrons. The van der Waals surface area contributed by atoms with Crippen molar-refractivity contribution in [2.45, 2.75) is 51.6 Å². The molecular weight excluding hydrogens is 294 g/mol. The molecule has 5 nitrogen and oxygen atoms in total. The Morgan fingerprint density at radius 3 is 2.74 bits per heavy atom. The molecule has 5 heteroatoms. The molecule has 0 amide bonds. The van der Waals surface area contributed by atoms with Gasteiger partial charge in [-0.15, -0.1) is 0 Å². The topological polar surface area (TPSA) is 56.8 Å². The maximum atomic E-state index is 11.8. The Balaban J connectivity index is 1.51. The molecule has 1 aliphatic heterocycles. The van der Waals surface area contributed by atoms with Gasteiger partial charge in [-0.25, -0.2) is 0 Å². The average molecular weight is 319 g/mol. The molecule has 1 heterocycles. The van der Waals surface area contributed by atoms with Gasteiger partial charge in [0.05, 0.1) is 12.5 Å². The first-order valence-electron chi connectivity index (χ1n) is 8.49. The molecule has 1 atom stereocenters. The normalized spacial score (nSPS) is 24.3. The zero-order chi connectivity index (χ0) is 16.2. The van der Waals surface area contributed by atoms with Crippen molar-refractivity contribution in [3.8, 4) is 11.5 Å². The summed E-state index contributed by atoms with van der Waals surface area (Å²) in [4.78, 5) is 11.8. The summed E-state index contributed by atoms with van der Waals surface area (Å²) in [6.45, 7) is 4.80. The van der Waals surface area contributed by atoms with Gasteiger partial charge in [0.15, 0.2) is 11.5 Å². The van der Waals surface area contributed by atoms with E-state index in [9.17, 15) is 4.79 Å². The summed E-state index contributed by atoms with van der Waals surface area (Å²) in [5.74, 6) is 1.68. The van der Waals surface area contributed by atoms with Gasteiger partial charge in [-0.2, -0.15) is 0 Å². The molecule has 0 radical (unpaired) electrons. The zero-order valence-electron chi connectivity index (χ0n) is 13.8. The van der Waals surface area contributed by atoms with Gasteiger partial charge in [-0.3, -0.25) is 4.79 Å². The number of nitrogens with one attached hydrogen (secondary N) is 1. The van der Waals surface area contributed by atoms with E-state index in [1.807, 2.05) is 19.1 Å². The molecule has 2 aliphatic rings. The molecule has 3 rings (SSSR count). The number of carbonyl (C=O) groups is 1. The minimum absolute atomic E-state index is 0.0326. The van der Waals surface area contributed by atoms with Crippen LogP contribution in [0.15, 0.2) is 18.2 Å². The van der Waals surface area contributed by atoms with Gasteiger partial charge in [-0.1, -0.05) is 6.07 Å². The van der Waals surface area contributed by atoms with Gasteiger partial charge in [0.25, 0.3) is 0 Å². The van der Waals surface area contributed by atoms with Crippen LogP contribution in [0.5, 0.6) is 11.5 Å². The molecule has 23 heavy (non-hydrogen) atoms. The lowest BCUT2D eigenvalue weighted by Crippen LogP contribution is -2.36. The largest absolute Gasteiger partial charge is 0.466 e. The maximum Gasteiger partial charge on any atom is 0.308 e. The molecule has 1 fully saturated rings. The van der Waals surface area contributed by atoms with Crippen molar-refractivity contribution >= 4 is 5.97 Å². The van der Waals surface area contributed by atoms with Crippen LogP contribution in [0.3, 0.4) is 0 Å². The van der Waals surface area contributed by atoms with Crippen molar-refractivity contribution in [1.29, 1.82) is 0 Å². The molecule has 1 aliphatic carbocycles. The molecule has 0 saturated heterocycles. The minimum atomic E-state index is -0.0326. The molecule has 1 aromatic rings. The highest BCUT2D eigenvalue weighted by Gasteiger charge is 2.28. The average Bonchev–Trinajstić information content (AvgIpc) is 3.03. The Hall–Kier alpha value is -1.75. The van der Waals surface area contributed by atoms with Crippen LogP contribution in [0.25, 0.3) is 0 Å². The summed E-state index contributed by atoms with van der Waals surface area (Å²) in [5, 5.41) is 3.67. The summed E-state index contributed by atoms with van der Waals surface area (Å²) < 4.78 is 15.9. The number of ether oxygens (including phenoxy) is 3. The molecule has 1 unspecified atom stereocenters.